The molecule has 2 N–H and O–H groups in total. The van der Waals surface area contributed by atoms with Gasteiger partial charge in [-0.15, -0.1) is 0 Å². The maximum absolute atomic E-state index is 5.85. The van der Waals surface area contributed by atoms with E-state index in [-0.39, 0.29) is 6.10 Å². The highest BCUT2D eigenvalue weighted by molar-refractivity contribution is 5.30. The first-order valence-corrected chi connectivity index (χ1v) is 6.90. The van der Waals surface area contributed by atoms with E-state index < -0.39 is 0 Å². The van der Waals surface area contributed by atoms with Crippen LogP contribution in [0.2, 0.25) is 0 Å². The van der Waals surface area contributed by atoms with E-state index >= 15 is 0 Å². The summed E-state index contributed by atoms with van der Waals surface area (Å²) in [5, 5.41) is 0. The number of nitrogens with zero attached hydrogens (tertiary/aromatic N) is 2. The quantitative estimate of drug-likeness (QED) is 0.928. The molecule has 0 radical (unpaired) electrons. The van der Waals surface area contributed by atoms with Gasteiger partial charge in [-0.2, -0.15) is 0 Å². The van der Waals surface area contributed by atoms with Crippen LogP contribution in [0.1, 0.15) is 17.2 Å². The Kier molecular flexibility index (Phi) is 3.95. The molecule has 1 aliphatic rings. The third kappa shape index (κ3) is 3.15. The molecule has 4 nitrogen and oxygen atoms in total. The number of pyridine rings is 1. The van der Waals surface area contributed by atoms with Gasteiger partial charge in [0.1, 0.15) is 5.82 Å². The zero-order chi connectivity index (χ0) is 13.8. The van der Waals surface area contributed by atoms with Gasteiger partial charge < -0.3 is 10.5 Å². The number of morpholine rings is 1. The summed E-state index contributed by atoms with van der Waals surface area (Å²) < 4.78 is 5.85. The molecule has 2 aromatic rings. The standard InChI is InChI=1S/C16H19N3O/c17-16-7-6-14(10-18-16)15-12-19(8-9-20-15)11-13-4-2-1-3-5-13/h1-7,10,15H,8-9,11-12H2,(H2,17,18)/t15-/m0/s1. The second-order valence-electron chi connectivity index (χ2n) is 5.10. The van der Waals surface area contributed by atoms with E-state index in [0.717, 1.165) is 31.8 Å². The predicted molar refractivity (Wildman–Crippen MR) is 79.1 cm³/mol. The van der Waals surface area contributed by atoms with Crippen molar-refractivity contribution in [1.29, 1.82) is 0 Å². The normalized spacial score (nSPS) is 19.9. The van der Waals surface area contributed by atoms with E-state index in [0.29, 0.717) is 5.82 Å². The minimum absolute atomic E-state index is 0.0839. The van der Waals surface area contributed by atoms with Crippen molar-refractivity contribution in [1.82, 2.24) is 9.88 Å². The van der Waals surface area contributed by atoms with Crippen LogP contribution in [0.25, 0.3) is 0 Å². The van der Waals surface area contributed by atoms with E-state index in [1.54, 1.807) is 0 Å². The maximum Gasteiger partial charge on any atom is 0.123 e. The molecule has 0 unspecified atom stereocenters. The molecule has 20 heavy (non-hydrogen) atoms. The summed E-state index contributed by atoms with van der Waals surface area (Å²) in [6, 6.07) is 14.4. The first-order valence-electron chi connectivity index (χ1n) is 6.90. The van der Waals surface area contributed by atoms with Gasteiger partial charge in [0.2, 0.25) is 0 Å². The summed E-state index contributed by atoms with van der Waals surface area (Å²) in [6.07, 6.45) is 1.90. The molecular weight excluding hydrogens is 250 g/mol. The molecular formula is C16H19N3O. The lowest BCUT2D eigenvalue weighted by Gasteiger charge is -2.33. The molecule has 0 aliphatic carbocycles. The average molecular weight is 269 g/mol. The molecule has 0 saturated carbocycles. The fourth-order valence-corrected chi connectivity index (χ4v) is 2.50. The van der Waals surface area contributed by atoms with Crippen LogP contribution in [-0.2, 0) is 11.3 Å². The topological polar surface area (TPSA) is 51.4 Å². The van der Waals surface area contributed by atoms with Crippen molar-refractivity contribution >= 4 is 5.82 Å². The van der Waals surface area contributed by atoms with Gasteiger partial charge in [-0.1, -0.05) is 36.4 Å². The predicted octanol–water partition coefficient (Wildman–Crippen LogP) is 2.24. The minimum Gasteiger partial charge on any atom is -0.384 e. The van der Waals surface area contributed by atoms with Gasteiger partial charge >= 0.3 is 0 Å². The summed E-state index contributed by atoms with van der Waals surface area (Å²) in [5.41, 5.74) is 8.05. The van der Waals surface area contributed by atoms with Crippen molar-refractivity contribution in [3.8, 4) is 0 Å². The Bertz CT molecular complexity index is 541. The highest BCUT2D eigenvalue weighted by Gasteiger charge is 2.22. The number of rotatable bonds is 3. The third-order valence-corrected chi connectivity index (χ3v) is 3.58. The van der Waals surface area contributed by atoms with Gasteiger partial charge in [-0.3, -0.25) is 4.90 Å². The second kappa shape index (κ2) is 6.03. The van der Waals surface area contributed by atoms with Crippen LogP contribution in [0.5, 0.6) is 0 Å². The van der Waals surface area contributed by atoms with E-state index in [4.69, 9.17) is 10.5 Å². The van der Waals surface area contributed by atoms with Crippen molar-refractivity contribution in [2.75, 3.05) is 25.4 Å². The van der Waals surface area contributed by atoms with Crippen molar-refractivity contribution < 1.29 is 4.74 Å². The molecule has 104 valence electrons. The Labute approximate surface area is 119 Å². The van der Waals surface area contributed by atoms with E-state index in [1.807, 2.05) is 24.4 Å². The fourth-order valence-electron chi connectivity index (χ4n) is 2.50. The van der Waals surface area contributed by atoms with Crippen molar-refractivity contribution in [2.24, 2.45) is 0 Å². The van der Waals surface area contributed by atoms with Crippen LogP contribution in [-0.4, -0.2) is 29.6 Å². The lowest BCUT2D eigenvalue weighted by Crippen LogP contribution is -2.37. The smallest absolute Gasteiger partial charge is 0.123 e. The summed E-state index contributed by atoms with van der Waals surface area (Å²) in [7, 11) is 0. The zero-order valence-electron chi connectivity index (χ0n) is 11.4. The number of nitrogens with two attached hydrogens (primary N) is 1. The molecule has 0 bridgehead atoms. The average Bonchev–Trinajstić information content (AvgIpc) is 2.49. The number of aromatic nitrogens is 1. The van der Waals surface area contributed by atoms with Crippen molar-refractivity contribution in [2.45, 2.75) is 12.6 Å². The van der Waals surface area contributed by atoms with Crippen molar-refractivity contribution in [3.05, 3.63) is 59.8 Å². The summed E-state index contributed by atoms with van der Waals surface area (Å²) in [4.78, 5) is 6.56. The van der Waals surface area contributed by atoms with Gasteiger partial charge in [-0.25, -0.2) is 4.98 Å². The lowest BCUT2D eigenvalue weighted by molar-refractivity contribution is -0.0330. The molecule has 2 heterocycles. The second-order valence-corrected chi connectivity index (χ2v) is 5.10. The molecule has 1 atom stereocenters. The number of ether oxygens (including phenoxy) is 1. The Morgan fingerprint density at radius 1 is 1.20 bits per heavy atom. The minimum atomic E-state index is 0.0839. The number of hydrogen-bond donors (Lipinski definition) is 1. The molecule has 1 aromatic carbocycles. The number of benzene rings is 1. The first kappa shape index (κ1) is 13.1. The molecule has 1 fully saturated rings. The molecule has 1 aliphatic heterocycles. The number of nitrogen functional groups attached to an aromatic ring is 1. The molecule has 1 aromatic heterocycles. The highest BCUT2D eigenvalue weighted by atomic mass is 16.5. The first-order chi connectivity index (χ1) is 9.81. The molecule has 1 saturated heterocycles. The lowest BCUT2D eigenvalue weighted by atomic mass is 10.1. The van der Waals surface area contributed by atoms with Crippen LogP contribution in [0.3, 0.4) is 0 Å². The summed E-state index contributed by atoms with van der Waals surface area (Å²) in [5.74, 6) is 0.547. The molecule has 3 rings (SSSR count). The zero-order valence-corrected chi connectivity index (χ0v) is 11.4. The van der Waals surface area contributed by atoms with Crippen LogP contribution in [0.4, 0.5) is 5.82 Å². The van der Waals surface area contributed by atoms with Crippen LogP contribution < -0.4 is 5.73 Å². The summed E-state index contributed by atoms with van der Waals surface area (Å²) in [6.45, 7) is 3.57. The summed E-state index contributed by atoms with van der Waals surface area (Å²) >= 11 is 0. The van der Waals surface area contributed by atoms with E-state index in [1.165, 1.54) is 5.56 Å². The van der Waals surface area contributed by atoms with E-state index in [2.05, 4.69) is 34.1 Å². The Morgan fingerprint density at radius 2 is 2.05 bits per heavy atom. The largest absolute Gasteiger partial charge is 0.384 e. The molecule has 4 heteroatoms. The van der Waals surface area contributed by atoms with Crippen molar-refractivity contribution in [3.63, 3.8) is 0 Å². The SMILES string of the molecule is Nc1ccc([C@@H]2CN(Cc3ccccc3)CCO2)cn1. The van der Waals surface area contributed by atoms with Gasteiger partial charge in [0.15, 0.2) is 0 Å². The van der Waals surface area contributed by atoms with Crippen LogP contribution in [0, 0.1) is 0 Å². The Balaban J connectivity index is 1.66. The molecule has 0 amide bonds. The van der Waals surface area contributed by atoms with Crippen LogP contribution >= 0.6 is 0 Å². The maximum atomic E-state index is 5.85. The van der Waals surface area contributed by atoms with E-state index in [9.17, 15) is 0 Å². The molecule has 0 spiro atoms. The Morgan fingerprint density at radius 3 is 2.80 bits per heavy atom. The van der Waals surface area contributed by atoms with Gasteiger partial charge in [0.05, 0.1) is 12.7 Å². The van der Waals surface area contributed by atoms with Gasteiger partial charge in [0.25, 0.3) is 0 Å². The van der Waals surface area contributed by atoms with Gasteiger partial charge in [0, 0.05) is 31.4 Å². The highest BCUT2D eigenvalue weighted by Crippen LogP contribution is 2.23. The van der Waals surface area contributed by atoms with Gasteiger partial charge in [-0.05, 0) is 11.6 Å². The van der Waals surface area contributed by atoms with Crippen LogP contribution in [0.15, 0.2) is 48.7 Å². The third-order valence-electron chi connectivity index (χ3n) is 3.58. The Hall–Kier alpha value is -1.91. The number of hydrogen-bond acceptors (Lipinski definition) is 4. The number of anilines is 1. The monoisotopic (exact) mass is 269 g/mol. The fraction of sp³-hybridized carbons (Fsp3) is 0.312.